The summed E-state index contributed by atoms with van der Waals surface area (Å²) < 4.78 is 35.5. The van der Waals surface area contributed by atoms with E-state index in [9.17, 15) is 9.90 Å². The minimum Gasteiger partial charge on any atom is -0.463 e. The molecule has 2 aliphatic heterocycles. The lowest BCUT2D eigenvalue weighted by molar-refractivity contribution is -0.334. The molecule has 0 radical (unpaired) electrons. The molecule has 33 heavy (non-hydrogen) atoms. The van der Waals surface area contributed by atoms with E-state index in [1.165, 1.54) is 6.92 Å². The number of benzene rings is 1. The van der Waals surface area contributed by atoms with Crippen LogP contribution in [0.5, 0.6) is 0 Å². The number of carbonyl (C=O) groups is 1. The molecule has 0 bridgehead atoms. The third-order valence-electron chi connectivity index (χ3n) is 6.83. The molecule has 8 nitrogen and oxygen atoms in total. The van der Waals surface area contributed by atoms with Crippen LogP contribution in [0.15, 0.2) is 30.3 Å². The first-order valence-corrected chi connectivity index (χ1v) is 11.7. The van der Waals surface area contributed by atoms with Crippen LogP contribution in [-0.2, 0) is 39.8 Å². The van der Waals surface area contributed by atoms with Gasteiger partial charge in [-0.1, -0.05) is 51.1 Å². The van der Waals surface area contributed by atoms with Gasteiger partial charge in [0.2, 0.25) is 0 Å². The summed E-state index contributed by atoms with van der Waals surface area (Å²) in [6.45, 7) is 9.68. The van der Waals surface area contributed by atoms with Crippen molar-refractivity contribution in [2.24, 2.45) is 17.8 Å². The quantitative estimate of drug-likeness (QED) is 0.585. The zero-order valence-electron chi connectivity index (χ0n) is 20.4. The Morgan fingerprint density at radius 3 is 2.30 bits per heavy atom. The maximum absolute atomic E-state index is 11.4. The van der Waals surface area contributed by atoms with Crippen molar-refractivity contribution in [2.45, 2.75) is 84.3 Å². The first-order chi connectivity index (χ1) is 15.7. The second-order valence-electron chi connectivity index (χ2n) is 9.22. The standard InChI is InChI=1S/C25H38O8/c1-14-15(2)24(28-6)32-20(13-29-18(5)26)22(14)33-25-16(3)23(21(27)17(4)31-25)30-12-19-10-8-7-9-11-19/h7-11,14-17,20-25,27H,12-13H2,1-6H3/t14-,15?,16?,17?,20?,21-,22+,23+,24+,25+/m1/s1. The van der Waals surface area contributed by atoms with E-state index in [4.69, 9.17) is 28.4 Å². The van der Waals surface area contributed by atoms with Gasteiger partial charge in [0.15, 0.2) is 12.6 Å². The number of aliphatic hydroxyl groups excluding tert-OH is 1. The molecular weight excluding hydrogens is 428 g/mol. The number of hydrogen-bond acceptors (Lipinski definition) is 8. The second-order valence-corrected chi connectivity index (χ2v) is 9.22. The molecule has 4 unspecified atom stereocenters. The molecule has 1 aromatic carbocycles. The number of hydrogen-bond donors (Lipinski definition) is 1. The highest BCUT2D eigenvalue weighted by molar-refractivity contribution is 5.65. The SMILES string of the molecule is CO[C@H]1OC(COC(C)=O)[C@@H](O[C@@H]2OC(C)[C@@H](O)[C@@H](OCc3ccccc3)C2C)[C@H](C)C1C. The molecule has 186 valence electrons. The van der Waals surface area contributed by atoms with Crippen LogP contribution in [0.2, 0.25) is 0 Å². The lowest BCUT2D eigenvalue weighted by Gasteiger charge is -2.48. The summed E-state index contributed by atoms with van der Waals surface area (Å²) in [6.07, 6.45) is -3.66. The Kier molecular flexibility index (Phi) is 9.26. The Hall–Kier alpha value is -1.55. The summed E-state index contributed by atoms with van der Waals surface area (Å²) >= 11 is 0. The number of carbonyl (C=O) groups excluding carboxylic acids is 1. The highest BCUT2D eigenvalue weighted by Crippen LogP contribution is 2.37. The number of rotatable bonds is 8. The average molecular weight is 467 g/mol. The molecule has 2 saturated heterocycles. The fourth-order valence-corrected chi connectivity index (χ4v) is 4.55. The Morgan fingerprint density at radius 1 is 0.970 bits per heavy atom. The molecule has 0 aromatic heterocycles. The van der Waals surface area contributed by atoms with Gasteiger partial charge in [0.1, 0.15) is 18.8 Å². The van der Waals surface area contributed by atoms with E-state index in [2.05, 4.69) is 6.92 Å². The first kappa shape index (κ1) is 26.1. The van der Waals surface area contributed by atoms with E-state index in [1.54, 1.807) is 7.11 Å². The van der Waals surface area contributed by atoms with Gasteiger partial charge in [-0.25, -0.2) is 0 Å². The van der Waals surface area contributed by atoms with Crippen LogP contribution in [0.1, 0.15) is 40.2 Å². The van der Waals surface area contributed by atoms with Crippen LogP contribution in [0.4, 0.5) is 0 Å². The van der Waals surface area contributed by atoms with Crippen LogP contribution in [0, 0.1) is 17.8 Å². The summed E-state index contributed by atoms with van der Waals surface area (Å²) in [5.74, 6) is -0.519. The fraction of sp³-hybridized carbons (Fsp3) is 0.720. The van der Waals surface area contributed by atoms with Gasteiger partial charge >= 0.3 is 5.97 Å². The van der Waals surface area contributed by atoms with Crippen LogP contribution in [0.25, 0.3) is 0 Å². The molecule has 2 heterocycles. The predicted molar refractivity (Wildman–Crippen MR) is 120 cm³/mol. The summed E-state index contributed by atoms with van der Waals surface area (Å²) in [5.41, 5.74) is 1.03. The minimum absolute atomic E-state index is 0.0471. The number of ether oxygens (including phenoxy) is 6. The molecule has 8 heteroatoms. The zero-order valence-corrected chi connectivity index (χ0v) is 20.4. The van der Waals surface area contributed by atoms with E-state index >= 15 is 0 Å². The maximum Gasteiger partial charge on any atom is 0.302 e. The van der Waals surface area contributed by atoms with Crippen LogP contribution in [-0.4, -0.2) is 67.9 Å². The summed E-state index contributed by atoms with van der Waals surface area (Å²) in [4.78, 5) is 11.4. The van der Waals surface area contributed by atoms with E-state index in [0.29, 0.717) is 6.61 Å². The molecule has 1 aromatic rings. The van der Waals surface area contributed by atoms with Crippen LogP contribution in [0.3, 0.4) is 0 Å². The predicted octanol–water partition coefficient (Wildman–Crippen LogP) is 2.91. The van der Waals surface area contributed by atoms with E-state index in [0.717, 1.165) is 5.56 Å². The lowest BCUT2D eigenvalue weighted by Crippen LogP contribution is -2.58. The van der Waals surface area contributed by atoms with Gasteiger partial charge in [0.25, 0.3) is 0 Å². The normalized spacial score (nSPS) is 39.2. The number of esters is 1. The summed E-state index contributed by atoms with van der Waals surface area (Å²) in [5, 5.41) is 10.8. The molecule has 3 rings (SSSR count). The van der Waals surface area contributed by atoms with E-state index in [1.807, 2.05) is 51.1 Å². The Balaban J connectivity index is 1.73. The Labute approximate surface area is 196 Å². The third kappa shape index (κ3) is 6.32. The molecule has 0 amide bonds. The molecular formula is C25H38O8. The van der Waals surface area contributed by atoms with Gasteiger partial charge in [0.05, 0.1) is 24.9 Å². The molecule has 10 atom stereocenters. The summed E-state index contributed by atoms with van der Waals surface area (Å²) in [7, 11) is 1.60. The highest BCUT2D eigenvalue weighted by atomic mass is 16.7. The van der Waals surface area contributed by atoms with Crippen molar-refractivity contribution in [2.75, 3.05) is 13.7 Å². The molecule has 1 N–H and O–H groups in total. The van der Waals surface area contributed by atoms with Gasteiger partial charge in [-0.15, -0.1) is 0 Å². The Bertz CT molecular complexity index is 743. The lowest BCUT2D eigenvalue weighted by atomic mass is 9.84. The van der Waals surface area contributed by atoms with Gasteiger partial charge in [-0.05, 0) is 18.4 Å². The minimum atomic E-state index is -0.780. The van der Waals surface area contributed by atoms with Crippen molar-refractivity contribution < 1.29 is 38.3 Å². The molecule has 0 spiro atoms. The van der Waals surface area contributed by atoms with Crippen molar-refractivity contribution >= 4 is 5.97 Å². The van der Waals surface area contributed by atoms with Crippen molar-refractivity contribution in [3.8, 4) is 0 Å². The van der Waals surface area contributed by atoms with E-state index in [-0.39, 0.29) is 30.3 Å². The topological polar surface area (TPSA) is 92.7 Å². The number of methoxy groups -OCH3 is 1. The zero-order chi connectivity index (χ0) is 24.1. The van der Waals surface area contributed by atoms with Gasteiger partial charge < -0.3 is 33.5 Å². The van der Waals surface area contributed by atoms with Crippen molar-refractivity contribution in [1.82, 2.24) is 0 Å². The van der Waals surface area contributed by atoms with Gasteiger partial charge in [-0.2, -0.15) is 0 Å². The third-order valence-corrected chi connectivity index (χ3v) is 6.83. The average Bonchev–Trinajstić information content (AvgIpc) is 2.80. The fourth-order valence-electron chi connectivity index (χ4n) is 4.55. The number of aliphatic hydroxyl groups is 1. The van der Waals surface area contributed by atoms with Crippen molar-refractivity contribution in [1.29, 1.82) is 0 Å². The first-order valence-electron chi connectivity index (χ1n) is 11.7. The Morgan fingerprint density at radius 2 is 1.67 bits per heavy atom. The van der Waals surface area contributed by atoms with Crippen molar-refractivity contribution in [3.05, 3.63) is 35.9 Å². The molecule has 2 fully saturated rings. The highest BCUT2D eigenvalue weighted by Gasteiger charge is 2.48. The molecule has 0 aliphatic carbocycles. The smallest absolute Gasteiger partial charge is 0.302 e. The van der Waals surface area contributed by atoms with Crippen molar-refractivity contribution in [3.63, 3.8) is 0 Å². The largest absolute Gasteiger partial charge is 0.463 e. The molecule has 0 saturated carbocycles. The van der Waals surface area contributed by atoms with E-state index < -0.39 is 43.1 Å². The molecule has 2 aliphatic rings. The maximum atomic E-state index is 11.4. The van der Waals surface area contributed by atoms with Gasteiger partial charge in [0, 0.05) is 25.9 Å². The second kappa shape index (κ2) is 11.7. The summed E-state index contributed by atoms with van der Waals surface area (Å²) in [6, 6.07) is 9.85. The van der Waals surface area contributed by atoms with Crippen LogP contribution >= 0.6 is 0 Å². The monoisotopic (exact) mass is 466 g/mol. The van der Waals surface area contributed by atoms with Crippen LogP contribution < -0.4 is 0 Å². The van der Waals surface area contributed by atoms with Gasteiger partial charge in [-0.3, -0.25) is 4.79 Å².